The molecule has 3 saturated carbocycles. The fraction of sp³-hybridized carbons (Fsp3) is 0.879. The van der Waals surface area contributed by atoms with E-state index in [0.717, 1.165) is 54.8 Å². The van der Waals surface area contributed by atoms with Gasteiger partial charge in [-0.2, -0.15) is 0 Å². The van der Waals surface area contributed by atoms with Crippen LogP contribution < -0.4 is 5.11 Å². The molecule has 0 saturated heterocycles. The predicted molar refractivity (Wildman–Crippen MR) is 162 cm³/mol. The molecule has 42 heavy (non-hydrogen) atoms. The number of hydrogen-bond donors (Lipinski definition) is 1. The van der Waals surface area contributed by atoms with Gasteiger partial charge in [-0.1, -0.05) is 65.5 Å². The summed E-state index contributed by atoms with van der Waals surface area (Å²) in [6.45, 7) is 12.4. The quantitative estimate of drug-likeness (QED) is 0.199. The van der Waals surface area contributed by atoms with E-state index in [1.807, 2.05) is 0 Å². The Labute approximate surface area is 269 Å². The number of rotatable bonds is 13. The molecular weight excluding hydrogens is 713 g/mol. The first-order valence-corrected chi connectivity index (χ1v) is 15.9. The molecule has 0 heterocycles. The van der Waals surface area contributed by atoms with E-state index in [-0.39, 0.29) is 64.5 Å². The molecule has 8 nitrogen and oxygen atoms in total. The van der Waals surface area contributed by atoms with Crippen LogP contribution in [0.5, 0.6) is 0 Å². The minimum absolute atomic E-state index is 0. The number of fused-ring (bicyclic) bond motifs is 5. The summed E-state index contributed by atoms with van der Waals surface area (Å²) in [5, 5.41) is 20.0. The van der Waals surface area contributed by atoms with Gasteiger partial charge in [-0.15, -0.1) is 0 Å². The molecule has 0 aliphatic heterocycles. The van der Waals surface area contributed by atoms with Crippen LogP contribution in [0.1, 0.15) is 105 Å². The normalized spacial score (nSPS) is 34.1. The van der Waals surface area contributed by atoms with Crippen LogP contribution in [0.25, 0.3) is 12.3 Å². The third-order valence-corrected chi connectivity index (χ3v) is 11.7. The number of carbonyl (C=O) groups is 2. The summed E-state index contributed by atoms with van der Waals surface area (Å²) in [6, 6.07) is 0. The Morgan fingerprint density at radius 3 is 2.40 bits per heavy atom. The molecule has 3 fully saturated rings. The average molecular weight is 772 g/mol. The summed E-state index contributed by atoms with van der Waals surface area (Å²) < 4.78 is 6.19. The summed E-state index contributed by atoms with van der Waals surface area (Å²) in [7, 11) is 0. The zero-order valence-corrected chi connectivity index (χ0v) is 29.0. The number of nitrogens with zero attached hydrogens (tertiary/aromatic N) is 1. The van der Waals surface area contributed by atoms with E-state index in [4.69, 9.17) is 9.84 Å². The van der Waals surface area contributed by atoms with Gasteiger partial charge >= 0.3 is 27.0 Å². The van der Waals surface area contributed by atoms with Gasteiger partial charge in [0, 0.05) is 13.1 Å². The van der Waals surface area contributed by atoms with Gasteiger partial charge in [0.1, 0.15) is 0 Å². The van der Waals surface area contributed by atoms with E-state index < -0.39 is 11.9 Å². The molecule has 0 aromatic heterocycles. The summed E-state index contributed by atoms with van der Waals surface area (Å²) in [5.41, 5.74) is 2.36. The molecule has 0 bridgehead atoms. The summed E-state index contributed by atoms with van der Waals surface area (Å²) in [5.74, 6) is 2.69. The van der Waals surface area contributed by atoms with E-state index in [2.05, 4.69) is 40.7 Å². The zero-order valence-electron chi connectivity index (χ0n) is 26.7. The molecule has 4 aliphatic carbocycles. The van der Waals surface area contributed by atoms with Gasteiger partial charge in [-0.25, -0.2) is 0 Å². The van der Waals surface area contributed by atoms with Crippen LogP contribution in [-0.2, 0) is 35.4 Å². The number of allylic oxidation sites excluding steroid dienone is 1. The van der Waals surface area contributed by atoms with Gasteiger partial charge in [0.2, 0.25) is 0 Å². The van der Waals surface area contributed by atoms with E-state index in [9.17, 15) is 14.7 Å². The minimum Gasteiger partial charge on any atom is -0.693 e. The SMILES string of the molecule is CC(C)CCC[C@@H](C)[C@H]1CCC2C3CC=C4C[C@@H](OCCN(CC(=O)[O-])CC(=O)O)CC[C@]4(C)C3CC[C@@]21C.[NH2-].[NH2-].[Pt+2]. The van der Waals surface area contributed by atoms with Crippen molar-refractivity contribution in [2.24, 2.45) is 46.3 Å². The van der Waals surface area contributed by atoms with Crippen LogP contribution in [0.4, 0.5) is 0 Å². The number of hydrogen-bond acceptors (Lipinski definition) is 5. The minimum atomic E-state index is -1.26. The van der Waals surface area contributed by atoms with Gasteiger partial charge in [0.25, 0.3) is 0 Å². The van der Waals surface area contributed by atoms with Gasteiger partial charge in [0.05, 0.1) is 25.2 Å². The van der Waals surface area contributed by atoms with Crippen LogP contribution in [0.15, 0.2) is 11.6 Å². The molecule has 9 heteroatoms. The average Bonchev–Trinajstić information content (AvgIpc) is 3.20. The fourth-order valence-corrected chi connectivity index (χ4v) is 9.73. The van der Waals surface area contributed by atoms with Crippen LogP contribution >= 0.6 is 0 Å². The van der Waals surface area contributed by atoms with E-state index in [1.165, 1.54) is 56.3 Å². The Bertz CT molecular complexity index is 900. The topological polar surface area (TPSA) is 157 Å². The first-order valence-electron chi connectivity index (χ1n) is 15.9. The number of nitrogens with two attached hydrogens (primary N) is 2. The van der Waals surface area contributed by atoms with E-state index in [0.29, 0.717) is 12.0 Å². The number of aliphatic carboxylic acids is 2. The fourth-order valence-electron chi connectivity index (χ4n) is 9.73. The maximum Gasteiger partial charge on any atom is 2.00 e. The molecule has 5 N–H and O–H groups in total. The smallest absolute Gasteiger partial charge is 0.693 e. The van der Waals surface area contributed by atoms with Crippen LogP contribution in [0.3, 0.4) is 0 Å². The first-order chi connectivity index (χ1) is 18.4. The van der Waals surface area contributed by atoms with E-state index in [1.54, 1.807) is 5.57 Å². The maximum atomic E-state index is 11.1. The Kier molecular flexibility index (Phi) is 15.4. The number of carbonyl (C=O) groups excluding carboxylic acids is 1. The molecule has 246 valence electrons. The van der Waals surface area contributed by atoms with Crippen molar-refractivity contribution in [3.8, 4) is 0 Å². The van der Waals surface area contributed by atoms with Crippen molar-refractivity contribution >= 4 is 11.9 Å². The zero-order chi connectivity index (χ0) is 28.4. The molecule has 0 spiro atoms. The molecule has 0 amide bonds. The predicted octanol–water partition coefficient (Wildman–Crippen LogP) is 6.98. The third-order valence-electron chi connectivity index (χ3n) is 11.7. The van der Waals surface area contributed by atoms with E-state index >= 15 is 0 Å². The van der Waals surface area contributed by atoms with Crippen molar-refractivity contribution in [1.29, 1.82) is 0 Å². The van der Waals surface area contributed by atoms with Crippen LogP contribution in [-0.4, -0.2) is 54.3 Å². The van der Waals surface area contributed by atoms with Crippen molar-refractivity contribution in [3.63, 3.8) is 0 Å². The van der Waals surface area contributed by atoms with Gasteiger partial charge in [0.15, 0.2) is 0 Å². The second-order valence-electron chi connectivity index (χ2n) is 14.5. The van der Waals surface area contributed by atoms with Crippen molar-refractivity contribution < 1.29 is 45.6 Å². The van der Waals surface area contributed by atoms with Crippen LogP contribution in [0, 0.1) is 46.3 Å². The number of carboxylic acid groups (broad SMARTS) is 2. The Hall–Kier alpha value is -0.792. The largest absolute Gasteiger partial charge is 2.00 e. The molecule has 3 unspecified atom stereocenters. The van der Waals surface area contributed by atoms with Gasteiger partial charge in [-0.05, 0) is 97.7 Å². The molecule has 4 rings (SSSR count). The van der Waals surface area contributed by atoms with Crippen molar-refractivity contribution in [1.82, 2.24) is 4.90 Å². The van der Waals surface area contributed by atoms with Crippen molar-refractivity contribution in [2.75, 3.05) is 26.2 Å². The molecule has 0 aromatic rings. The summed E-state index contributed by atoms with van der Waals surface area (Å²) in [6.07, 6.45) is 16.8. The molecular formula is C33H58N3O5Pt-. The van der Waals surface area contributed by atoms with Crippen molar-refractivity contribution in [2.45, 2.75) is 111 Å². The maximum absolute atomic E-state index is 11.1. The summed E-state index contributed by atoms with van der Waals surface area (Å²) >= 11 is 0. The second-order valence-corrected chi connectivity index (χ2v) is 14.5. The van der Waals surface area contributed by atoms with Gasteiger partial charge in [-0.3, -0.25) is 9.69 Å². The molecule has 0 radical (unpaired) electrons. The van der Waals surface area contributed by atoms with Crippen LogP contribution in [0.2, 0.25) is 0 Å². The second kappa shape index (κ2) is 16.5. The molecule has 8 atom stereocenters. The molecule has 4 aliphatic rings. The Morgan fingerprint density at radius 1 is 1.05 bits per heavy atom. The number of carboxylic acids is 2. The Morgan fingerprint density at radius 2 is 1.76 bits per heavy atom. The number of ether oxygens (including phenoxy) is 1. The summed E-state index contributed by atoms with van der Waals surface area (Å²) in [4.78, 5) is 23.4. The first kappa shape index (κ1) is 39.2. The third kappa shape index (κ3) is 8.68. The molecule has 0 aromatic carbocycles. The Balaban J connectivity index is 0.00000294. The van der Waals surface area contributed by atoms with Crippen molar-refractivity contribution in [3.05, 3.63) is 24.0 Å². The monoisotopic (exact) mass is 771 g/mol. The van der Waals surface area contributed by atoms with Gasteiger partial charge < -0.3 is 32.0 Å². The standard InChI is InChI=1S/C33H55NO5.2H2N.Pt/c1-22(2)7-6-8-23(3)27-11-12-28-26-10-9-24-19-25(39-18-17-34(20-30(35)36)21-31(37)38)13-15-32(24,4)29(26)14-16-33(27,28)5;;;/h9,22-23,25-29H,6-8,10-21H2,1-5H3,(H,35,36)(H,37,38);2*1H2;/q;2*-1;+2/p-1/t23-,25+,26?,27-,28?,29?,32+,33-;;;/m1.../s1.